The second-order valence-corrected chi connectivity index (χ2v) is 9.57. The van der Waals surface area contributed by atoms with E-state index in [1.807, 2.05) is 13.0 Å². The van der Waals surface area contributed by atoms with Crippen LogP contribution in [-0.2, 0) is 24.3 Å². The lowest BCUT2D eigenvalue weighted by Crippen LogP contribution is -2.42. The Hall–Kier alpha value is -1.93. The minimum Gasteiger partial charge on any atom is -0.452 e. The number of benzene rings is 1. The molecule has 0 spiro atoms. The molecule has 1 unspecified atom stereocenters. The van der Waals surface area contributed by atoms with Gasteiger partial charge in [0, 0.05) is 19.6 Å². The molecule has 1 amide bonds. The number of carbonyl (C=O) groups excluding carboxylic acids is 2. The van der Waals surface area contributed by atoms with Crippen LogP contribution in [0.2, 0.25) is 0 Å². The minimum absolute atomic E-state index is 0.235. The number of nitrogens with zero attached hydrogens (tertiary/aromatic N) is 1. The Labute approximate surface area is 166 Å². The molecule has 1 atom stereocenters. The highest BCUT2D eigenvalue weighted by atomic mass is 32.2. The third-order valence-corrected chi connectivity index (χ3v) is 7.54. The van der Waals surface area contributed by atoms with Gasteiger partial charge in [0.1, 0.15) is 0 Å². The van der Waals surface area contributed by atoms with Crippen molar-refractivity contribution in [1.82, 2.24) is 9.62 Å². The Morgan fingerprint density at radius 3 is 2.54 bits per heavy atom. The van der Waals surface area contributed by atoms with E-state index < -0.39 is 22.1 Å². The standard InChI is InChI=1S/C20H28N2O5S/c1-14-6-7-18(15(2)13-14)28(25,26)22-11-8-16(9-12-22)20(24)27-17-5-3-4-10-21-19(17)23/h6-7,13,16-17H,3-5,8-12H2,1-2H3,(H,21,23). The van der Waals surface area contributed by atoms with E-state index in [1.54, 1.807) is 19.1 Å². The molecule has 0 bridgehead atoms. The summed E-state index contributed by atoms with van der Waals surface area (Å²) in [6.07, 6.45) is 2.33. The molecule has 2 fully saturated rings. The molecule has 0 aliphatic carbocycles. The first-order valence-electron chi connectivity index (χ1n) is 9.84. The summed E-state index contributed by atoms with van der Waals surface area (Å²) >= 11 is 0. The normalized spacial score (nSPS) is 22.4. The number of nitrogens with one attached hydrogen (secondary N) is 1. The van der Waals surface area contributed by atoms with Gasteiger partial charge in [-0.2, -0.15) is 4.31 Å². The van der Waals surface area contributed by atoms with E-state index in [-0.39, 0.29) is 24.9 Å². The second kappa shape index (κ2) is 8.61. The van der Waals surface area contributed by atoms with Crippen LogP contribution in [0.15, 0.2) is 23.1 Å². The fraction of sp³-hybridized carbons (Fsp3) is 0.600. The first-order chi connectivity index (χ1) is 13.3. The van der Waals surface area contributed by atoms with Gasteiger partial charge < -0.3 is 10.1 Å². The molecule has 8 heteroatoms. The van der Waals surface area contributed by atoms with Gasteiger partial charge in [0.2, 0.25) is 10.0 Å². The van der Waals surface area contributed by atoms with Gasteiger partial charge in [-0.3, -0.25) is 9.59 Å². The molecule has 2 aliphatic heterocycles. The highest BCUT2D eigenvalue weighted by molar-refractivity contribution is 7.89. The van der Waals surface area contributed by atoms with E-state index in [4.69, 9.17) is 4.74 Å². The van der Waals surface area contributed by atoms with E-state index in [9.17, 15) is 18.0 Å². The van der Waals surface area contributed by atoms with Crippen LogP contribution in [-0.4, -0.2) is 50.3 Å². The molecule has 1 N–H and O–H groups in total. The van der Waals surface area contributed by atoms with Gasteiger partial charge in [0.05, 0.1) is 10.8 Å². The molecule has 3 rings (SSSR count). The molecule has 2 aliphatic rings. The monoisotopic (exact) mass is 408 g/mol. The number of aryl methyl sites for hydroxylation is 2. The van der Waals surface area contributed by atoms with Gasteiger partial charge >= 0.3 is 5.97 Å². The van der Waals surface area contributed by atoms with Crippen LogP contribution < -0.4 is 5.32 Å². The Morgan fingerprint density at radius 2 is 1.86 bits per heavy atom. The summed E-state index contributed by atoms with van der Waals surface area (Å²) in [7, 11) is -3.58. The van der Waals surface area contributed by atoms with Crippen molar-refractivity contribution >= 4 is 21.9 Å². The summed E-state index contributed by atoms with van der Waals surface area (Å²) in [5.41, 5.74) is 1.74. The maximum absolute atomic E-state index is 13.0. The molecule has 0 radical (unpaired) electrons. The first-order valence-corrected chi connectivity index (χ1v) is 11.3. The zero-order valence-electron chi connectivity index (χ0n) is 16.4. The predicted molar refractivity (Wildman–Crippen MR) is 104 cm³/mol. The van der Waals surface area contributed by atoms with Gasteiger partial charge in [-0.25, -0.2) is 8.42 Å². The van der Waals surface area contributed by atoms with Crippen LogP contribution in [0.3, 0.4) is 0 Å². The number of carbonyl (C=O) groups is 2. The van der Waals surface area contributed by atoms with Crippen LogP contribution in [0.5, 0.6) is 0 Å². The molecular formula is C20H28N2O5S. The van der Waals surface area contributed by atoms with Crippen LogP contribution in [0.1, 0.15) is 43.2 Å². The molecule has 0 saturated carbocycles. The average Bonchev–Trinajstić information content (AvgIpc) is 2.86. The van der Waals surface area contributed by atoms with Gasteiger partial charge in [0.25, 0.3) is 5.91 Å². The van der Waals surface area contributed by atoms with Gasteiger partial charge in [-0.1, -0.05) is 17.7 Å². The van der Waals surface area contributed by atoms with Crippen molar-refractivity contribution < 1.29 is 22.7 Å². The minimum atomic E-state index is -3.58. The molecule has 2 heterocycles. The number of amides is 1. The predicted octanol–water partition coefficient (Wildman–Crippen LogP) is 1.92. The van der Waals surface area contributed by atoms with Crippen molar-refractivity contribution in [2.75, 3.05) is 19.6 Å². The number of hydrogen-bond acceptors (Lipinski definition) is 5. The maximum atomic E-state index is 13.0. The molecule has 0 aromatic heterocycles. The average molecular weight is 409 g/mol. The number of piperidine rings is 1. The number of ether oxygens (including phenoxy) is 1. The molecule has 154 valence electrons. The summed E-state index contributed by atoms with van der Waals surface area (Å²) in [5.74, 6) is -1.01. The quantitative estimate of drug-likeness (QED) is 0.769. The van der Waals surface area contributed by atoms with Crippen molar-refractivity contribution in [3.05, 3.63) is 29.3 Å². The van der Waals surface area contributed by atoms with E-state index in [0.29, 0.717) is 30.7 Å². The van der Waals surface area contributed by atoms with E-state index in [2.05, 4.69) is 5.32 Å². The fourth-order valence-electron chi connectivity index (χ4n) is 3.82. The van der Waals surface area contributed by atoms with Crippen molar-refractivity contribution in [2.45, 2.75) is 57.0 Å². The van der Waals surface area contributed by atoms with Gasteiger partial charge in [-0.15, -0.1) is 0 Å². The zero-order chi connectivity index (χ0) is 20.3. The summed E-state index contributed by atoms with van der Waals surface area (Å²) in [6, 6.07) is 5.29. The van der Waals surface area contributed by atoms with E-state index >= 15 is 0 Å². The van der Waals surface area contributed by atoms with Crippen molar-refractivity contribution in [2.24, 2.45) is 5.92 Å². The Morgan fingerprint density at radius 1 is 1.14 bits per heavy atom. The maximum Gasteiger partial charge on any atom is 0.309 e. The van der Waals surface area contributed by atoms with Crippen LogP contribution in [0.25, 0.3) is 0 Å². The summed E-state index contributed by atoms with van der Waals surface area (Å²) in [4.78, 5) is 24.7. The lowest BCUT2D eigenvalue weighted by atomic mass is 9.98. The summed E-state index contributed by atoms with van der Waals surface area (Å²) in [6.45, 7) is 4.87. The largest absolute Gasteiger partial charge is 0.452 e. The second-order valence-electron chi connectivity index (χ2n) is 7.66. The number of esters is 1. The Kier molecular flexibility index (Phi) is 6.40. The first kappa shape index (κ1) is 20.8. The van der Waals surface area contributed by atoms with Gasteiger partial charge in [0.15, 0.2) is 6.10 Å². The highest BCUT2D eigenvalue weighted by Crippen LogP contribution is 2.27. The van der Waals surface area contributed by atoms with E-state index in [1.165, 1.54) is 4.31 Å². The van der Waals surface area contributed by atoms with Crippen molar-refractivity contribution in [1.29, 1.82) is 0 Å². The molecule has 7 nitrogen and oxygen atoms in total. The van der Waals surface area contributed by atoms with E-state index in [0.717, 1.165) is 24.0 Å². The number of hydrogen-bond donors (Lipinski definition) is 1. The van der Waals surface area contributed by atoms with Crippen molar-refractivity contribution in [3.8, 4) is 0 Å². The molecule has 1 aromatic carbocycles. The Balaban J connectivity index is 1.60. The Bertz CT molecular complexity index is 844. The summed E-state index contributed by atoms with van der Waals surface area (Å²) in [5, 5.41) is 2.75. The van der Waals surface area contributed by atoms with Crippen molar-refractivity contribution in [3.63, 3.8) is 0 Å². The number of rotatable bonds is 4. The topological polar surface area (TPSA) is 92.8 Å². The van der Waals surface area contributed by atoms with Crippen LogP contribution in [0, 0.1) is 19.8 Å². The van der Waals surface area contributed by atoms with Crippen LogP contribution in [0.4, 0.5) is 0 Å². The SMILES string of the molecule is Cc1ccc(S(=O)(=O)N2CCC(C(=O)OC3CCCCNC3=O)CC2)c(C)c1. The lowest BCUT2D eigenvalue weighted by Gasteiger charge is -2.31. The zero-order valence-corrected chi connectivity index (χ0v) is 17.3. The number of sulfonamides is 1. The lowest BCUT2D eigenvalue weighted by molar-refractivity contribution is -0.161. The summed E-state index contributed by atoms with van der Waals surface area (Å²) < 4.78 is 32.8. The van der Waals surface area contributed by atoms with Crippen LogP contribution >= 0.6 is 0 Å². The van der Waals surface area contributed by atoms with Gasteiger partial charge in [-0.05, 0) is 57.6 Å². The molecule has 2 saturated heterocycles. The fourth-order valence-corrected chi connectivity index (χ4v) is 5.50. The molecule has 1 aromatic rings. The molecule has 28 heavy (non-hydrogen) atoms. The smallest absolute Gasteiger partial charge is 0.309 e. The highest BCUT2D eigenvalue weighted by Gasteiger charge is 2.35. The third kappa shape index (κ3) is 4.55. The molecular weight excluding hydrogens is 380 g/mol. The third-order valence-electron chi connectivity index (χ3n) is 5.48.